The van der Waals surface area contributed by atoms with E-state index in [1.807, 2.05) is 30.3 Å². The van der Waals surface area contributed by atoms with Gasteiger partial charge in [0.2, 0.25) is 0 Å². The fraction of sp³-hybridized carbons (Fsp3) is 0.154. The molecule has 0 nitrogen and oxygen atoms in total. The molecule has 0 fully saturated rings. The molecule has 0 aliphatic carbocycles. The topological polar surface area (TPSA) is 0 Å². The van der Waals surface area contributed by atoms with Crippen molar-refractivity contribution in [3.63, 3.8) is 0 Å². The normalized spacial score (nSPS) is 9.74. The summed E-state index contributed by atoms with van der Waals surface area (Å²) in [5.74, 6) is 12.2. The largest absolute Gasteiger partial charge is 0.207 e. The highest BCUT2D eigenvalue weighted by molar-refractivity contribution is 5.48. The van der Waals surface area contributed by atoms with E-state index < -0.39 is 0 Å². The molecule has 1 heteroatoms. The van der Waals surface area contributed by atoms with Gasteiger partial charge in [-0.15, -0.1) is 0 Å². The molecule has 0 bridgehead atoms. The summed E-state index contributed by atoms with van der Waals surface area (Å²) in [6, 6.07) is 21.2. The second kappa shape index (κ2) is 8.88. The van der Waals surface area contributed by atoms with Gasteiger partial charge in [-0.25, -0.2) is 4.39 Å². The van der Waals surface area contributed by atoms with E-state index in [9.17, 15) is 4.39 Å². The Morgan fingerprint density at radius 1 is 0.667 bits per heavy atom. The molecule has 3 aromatic carbocycles. The summed E-state index contributed by atoms with van der Waals surface area (Å²) < 4.78 is 13.6. The number of halogens is 1. The van der Waals surface area contributed by atoms with Gasteiger partial charge in [-0.2, -0.15) is 0 Å². The van der Waals surface area contributed by atoms with Crippen LogP contribution in [-0.2, 0) is 6.42 Å². The predicted octanol–water partition coefficient (Wildman–Crippen LogP) is 5.89. The molecule has 27 heavy (non-hydrogen) atoms. The number of rotatable bonds is 2. The molecule has 0 spiro atoms. The van der Waals surface area contributed by atoms with Crippen molar-refractivity contribution in [1.82, 2.24) is 0 Å². The molecule has 0 amide bonds. The van der Waals surface area contributed by atoms with Gasteiger partial charge in [0, 0.05) is 22.3 Å². The number of aryl methyl sites for hydroxylation is 2. The van der Waals surface area contributed by atoms with E-state index in [2.05, 4.69) is 54.9 Å². The summed E-state index contributed by atoms with van der Waals surface area (Å²) >= 11 is 0. The van der Waals surface area contributed by atoms with Gasteiger partial charge in [0.1, 0.15) is 5.82 Å². The first kappa shape index (κ1) is 18.5. The van der Waals surface area contributed by atoms with Crippen molar-refractivity contribution >= 4 is 0 Å². The van der Waals surface area contributed by atoms with Gasteiger partial charge in [0.15, 0.2) is 0 Å². The Labute approximate surface area is 161 Å². The van der Waals surface area contributed by atoms with Gasteiger partial charge in [-0.05, 0) is 73.0 Å². The lowest BCUT2D eigenvalue weighted by molar-refractivity contribution is 0.618. The third-order valence-electron chi connectivity index (χ3n) is 4.25. The van der Waals surface area contributed by atoms with Crippen LogP contribution in [0.1, 0.15) is 46.7 Å². The summed E-state index contributed by atoms with van der Waals surface area (Å²) in [5.41, 5.74) is 5.49. The summed E-state index contributed by atoms with van der Waals surface area (Å²) in [7, 11) is 0. The first-order chi connectivity index (χ1) is 13.1. The van der Waals surface area contributed by atoms with E-state index >= 15 is 0 Å². The van der Waals surface area contributed by atoms with Crippen molar-refractivity contribution in [2.24, 2.45) is 0 Å². The Hall–Kier alpha value is -3.29. The molecule has 0 radical (unpaired) electrons. The predicted molar refractivity (Wildman–Crippen MR) is 110 cm³/mol. The van der Waals surface area contributed by atoms with E-state index in [1.165, 1.54) is 11.6 Å². The maximum atomic E-state index is 13.6. The lowest BCUT2D eigenvalue weighted by Crippen LogP contribution is -1.84. The van der Waals surface area contributed by atoms with Gasteiger partial charge in [0.05, 0.1) is 0 Å². The first-order valence-corrected chi connectivity index (χ1v) is 9.13. The molecule has 0 atom stereocenters. The van der Waals surface area contributed by atoms with Gasteiger partial charge in [-0.3, -0.25) is 0 Å². The SMILES string of the molecule is CCCc1ccc(C#Cc2ccc(C#Cc3ccc(C)c(F)c3)cc2)cc1. The highest BCUT2D eigenvalue weighted by Crippen LogP contribution is 2.09. The van der Waals surface area contributed by atoms with Crippen molar-refractivity contribution in [2.75, 3.05) is 0 Å². The highest BCUT2D eigenvalue weighted by atomic mass is 19.1. The van der Waals surface area contributed by atoms with Crippen LogP contribution in [0.15, 0.2) is 66.7 Å². The Morgan fingerprint density at radius 3 is 1.59 bits per heavy atom. The lowest BCUT2D eigenvalue weighted by atomic mass is 10.1. The minimum Gasteiger partial charge on any atom is -0.207 e. The second-order valence-electron chi connectivity index (χ2n) is 6.49. The van der Waals surface area contributed by atoms with E-state index in [0.717, 1.165) is 29.5 Å². The van der Waals surface area contributed by atoms with Crippen molar-refractivity contribution in [2.45, 2.75) is 26.7 Å². The van der Waals surface area contributed by atoms with Gasteiger partial charge in [0.25, 0.3) is 0 Å². The zero-order valence-corrected chi connectivity index (χ0v) is 15.6. The third-order valence-corrected chi connectivity index (χ3v) is 4.25. The van der Waals surface area contributed by atoms with Crippen LogP contribution in [0.5, 0.6) is 0 Å². The van der Waals surface area contributed by atoms with Crippen LogP contribution >= 0.6 is 0 Å². The van der Waals surface area contributed by atoms with Crippen LogP contribution in [-0.4, -0.2) is 0 Å². The van der Waals surface area contributed by atoms with E-state index in [4.69, 9.17) is 0 Å². The molecule has 132 valence electrons. The summed E-state index contributed by atoms with van der Waals surface area (Å²) in [6.07, 6.45) is 2.25. The maximum Gasteiger partial charge on any atom is 0.127 e. The average Bonchev–Trinajstić information content (AvgIpc) is 2.69. The molecule has 0 aliphatic rings. The molecular weight excluding hydrogens is 331 g/mol. The minimum absolute atomic E-state index is 0.227. The first-order valence-electron chi connectivity index (χ1n) is 9.13. The second-order valence-corrected chi connectivity index (χ2v) is 6.49. The maximum absolute atomic E-state index is 13.6. The summed E-state index contributed by atoms with van der Waals surface area (Å²) in [6.45, 7) is 3.92. The number of benzene rings is 3. The van der Waals surface area contributed by atoms with Crippen molar-refractivity contribution < 1.29 is 4.39 Å². The molecule has 0 aromatic heterocycles. The molecular formula is C26H21F. The van der Waals surface area contributed by atoms with Gasteiger partial charge < -0.3 is 0 Å². The lowest BCUT2D eigenvalue weighted by Gasteiger charge is -1.97. The standard InChI is InChI=1S/C26H21F/c1-3-4-21-7-9-22(10-8-21)11-12-23-13-15-24(16-14-23)17-18-25-6-5-20(2)26(27)19-25/h5-10,13-16,19H,3-4H2,1-2H3. The fourth-order valence-electron chi connectivity index (χ4n) is 2.64. The zero-order chi connectivity index (χ0) is 19.1. The van der Waals surface area contributed by atoms with Crippen LogP contribution in [0.4, 0.5) is 4.39 Å². The Balaban J connectivity index is 1.69. The van der Waals surface area contributed by atoms with Crippen molar-refractivity contribution in [1.29, 1.82) is 0 Å². The fourth-order valence-corrected chi connectivity index (χ4v) is 2.64. The summed E-state index contributed by atoms with van der Waals surface area (Å²) in [4.78, 5) is 0. The van der Waals surface area contributed by atoms with Crippen LogP contribution in [0.25, 0.3) is 0 Å². The Bertz CT molecular complexity index is 1030. The molecule has 0 aliphatic heterocycles. The van der Waals surface area contributed by atoms with Crippen molar-refractivity contribution in [3.8, 4) is 23.7 Å². The quantitative estimate of drug-likeness (QED) is 0.505. The monoisotopic (exact) mass is 352 g/mol. The summed E-state index contributed by atoms with van der Waals surface area (Å²) in [5, 5.41) is 0. The van der Waals surface area contributed by atoms with Gasteiger partial charge >= 0.3 is 0 Å². The average molecular weight is 352 g/mol. The highest BCUT2D eigenvalue weighted by Gasteiger charge is 1.96. The minimum atomic E-state index is -0.227. The van der Waals surface area contributed by atoms with Crippen molar-refractivity contribution in [3.05, 3.63) is 106 Å². The molecule has 0 saturated heterocycles. The smallest absolute Gasteiger partial charge is 0.127 e. The zero-order valence-electron chi connectivity index (χ0n) is 15.6. The Kier molecular flexibility index (Phi) is 6.09. The molecule has 0 N–H and O–H groups in total. The number of hydrogen-bond donors (Lipinski definition) is 0. The number of hydrogen-bond acceptors (Lipinski definition) is 0. The van der Waals surface area contributed by atoms with Gasteiger partial charge in [-0.1, -0.05) is 55.2 Å². The van der Waals surface area contributed by atoms with Crippen LogP contribution in [0.3, 0.4) is 0 Å². The molecule has 0 heterocycles. The van der Waals surface area contributed by atoms with E-state index in [1.54, 1.807) is 13.0 Å². The molecule has 3 aromatic rings. The van der Waals surface area contributed by atoms with E-state index in [0.29, 0.717) is 11.1 Å². The Morgan fingerprint density at radius 2 is 1.11 bits per heavy atom. The molecule has 3 rings (SSSR count). The van der Waals surface area contributed by atoms with Crippen LogP contribution in [0.2, 0.25) is 0 Å². The third kappa shape index (κ3) is 5.34. The van der Waals surface area contributed by atoms with E-state index in [-0.39, 0.29) is 5.82 Å². The molecule has 0 saturated carbocycles. The van der Waals surface area contributed by atoms with Crippen LogP contribution in [0, 0.1) is 36.4 Å². The van der Waals surface area contributed by atoms with Crippen LogP contribution < -0.4 is 0 Å². The molecule has 0 unspecified atom stereocenters.